The molecule has 3 rings (SSSR count). The van der Waals surface area contributed by atoms with Gasteiger partial charge in [-0.15, -0.1) is 0 Å². The monoisotopic (exact) mass is 259 g/mol. The van der Waals surface area contributed by atoms with Gasteiger partial charge in [0.05, 0.1) is 12.5 Å². The molecule has 0 radical (unpaired) electrons. The number of nitrogens with one attached hydrogen (secondary N) is 1. The highest BCUT2D eigenvalue weighted by atomic mass is 16.3. The van der Waals surface area contributed by atoms with Gasteiger partial charge in [0, 0.05) is 5.69 Å². The van der Waals surface area contributed by atoms with Crippen LogP contribution < -0.4 is 5.32 Å². The lowest BCUT2D eigenvalue weighted by Gasteiger charge is -2.31. The summed E-state index contributed by atoms with van der Waals surface area (Å²) >= 11 is 0. The molecule has 1 fully saturated rings. The third kappa shape index (κ3) is 2.16. The summed E-state index contributed by atoms with van der Waals surface area (Å²) in [6.45, 7) is 4.48. The highest BCUT2D eigenvalue weighted by Gasteiger charge is 2.39. The van der Waals surface area contributed by atoms with Crippen LogP contribution in [0, 0.1) is 11.3 Å². The number of hydrogen-bond acceptors (Lipinski definition) is 2. The predicted octanol–water partition coefficient (Wildman–Crippen LogP) is 3.04. The number of carbonyl (C=O) groups excluding carboxylic acids is 1. The molecular weight excluding hydrogens is 238 g/mol. The van der Waals surface area contributed by atoms with Crippen molar-refractivity contribution in [3.63, 3.8) is 0 Å². The van der Waals surface area contributed by atoms with Gasteiger partial charge >= 0.3 is 0 Å². The van der Waals surface area contributed by atoms with E-state index in [4.69, 9.17) is 0 Å². The lowest BCUT2D eigenvalue weighted by Crippen LogP contribution is -2.24. The third-order valence-corrected chi connectivity index (χ3v) is 4.82. The molecule has 1 aromatic carbocycles. The first-order valence-electron chi connectivity index (χ1n) is 7.08. The minimum Gasteiger partial charge on any atom is -0.388 e. The number of aliphatic hydroxyl groups excluding tert-OH is 1. The van der Waals surface area contributed by atoms with Gasteiger partial charge in [-0.1, -0.05) is 32.4 Å². The van der Waals surface area contributed by atoms with Gasteiger partial charge in [-0.05, 0) is 41.4 Å². The molecule has 0 spiro atoms. The second-order valence-corrected chi connectivity index (χ2v) is 6.57. The summed E-state index contributed by atoms with van der Waals surface area (Å²) in [4.78, 5) is 11.4. The van der Waals surface area contributed by atoms with E-state index in [9.17, 15) is 9.90 Å². The van der Waals surface area contributed by atoms with Crippen molar-refractivity contribution in [2.24, 2.45) is 11.3 Å². The van der Waals surface area contributed by atoms with Gasteiger partial charge in [0.15, 0.2) is 0 Å². The first-order valence-corrected chi connectivity index (χ1v) is 7.08. The largest absolute Gasteiger partial charge is 0.388 e. The van der Waals surface area contributed by atoms with Gasteiger partial charge in [-0.2, -0.15) is 0 Å². The van der Waals surface area contributed by atoms with Crippen molar-refractivity contribution >= 4 is 11.6 Å². The molecule has 0 saturated heterocycles. The maximum atomic E-state index is 11.4. The molecule has 1 amide bonds. The Bertz CT molecular complexity index is 521. The lowest BCUT2D eigenvalue weighted by atomic mass is 9.76. The van der Waals surface area contributed by atoms with E-state index in [1.165, 1.54) is 12.8 Å². The molecule has 0 bridgehead atoms. The molecule has 2 N–H and O–H groups in total. The van der Waals surface area contributed by atoms with Crippen molar-refractivity contribution in [2.45, 2.75) is 45.6 Å². The van der Waals surface area contributed by atoms with E-state index in [1.807, 2.05) is 18.2 Å². The van der Waals surface area contributed by atoms with Gasteiger partial charge < -0.3 is 10.4 Å². The molecular formula is C16H21NO2. The molecule has 0 aromatic heterocycles. The highest BCUT2D eigenvalue weighted by Crippen LogP contribution is 2.48. The zero-order valence-electron chi connectivity index (χ0n) is 11.6. The molecule has 2 atom stereocenters. The Labute approximate surface area is 114 Å². The molecule has 102 valence electrons. The second kappa shape index (κ2) is 4.34. The summed E-state index contributed by atoms with van der Waals surface area (Å²) in [5.41, 5.74) is 3.06. The minimum absolute atomic E-state index is 0.0443. The van der Waals surface area contributed by atoms with Crippen molar-refractivity contribution in [1.82, 2.24) is 0 Å². The minimum atomic E-state index is -0.418. The fourth-order valence-electron chi connectivity index (χ4n) is 3.60. The van der Waals surface area contributed by atoms with E-state index in [0.717, 1.165) is 23.2 Å². The van der Waals surface area contributed by atoms with Crippen LogP contribution in [0.5, 0.6) is 0 Å². The van der Waals surface area contributed by atoms with Gasteiger partial charge in [0.2, 0.25) is 5.91 Å². The van der Waals surface area contributed by atoms with Crippen molar-refractivity contribution in [3.05, 3.63) is 29.3 Å². The molecule has 3 nitrogen and oxygen atoms in total. The maximum absolute atomic E-state index is 11.4. The number of anilines is 1. The summed E-state index contributed by atoms with van der Waals surface area (Å²) in [7, 11) is 0. The number of aliphatic hydroxyl groups is 1. The zero-order valence-corrected chi connectivity index (χ0v) is 11.6. The SMILES string of the molecule is CC1(C)CCCC1C(O)c1ccc2c(c1)CC(=O)N2. The third-order valence-electron chi connectivity index (χ3n) is 4.82. The summed E-state index contributed by atoms with van der Waals surface area (Å²) in [5, 5.41) is 13.5. The van der Waals surface area contributed by atoms with Crippen LogP contribution in [0.2, 0.25) is 0 Å². The van der Waals surface area contributed by atoms with Gasteiger partial charge in [-0.25, -0.2) is 0 Å². The molecule has 3 heteroatoms. The number of hydrogen-bond donors (Lipinski definition) is 2. The molecule has 1 aliphatic heterocycles. The van der Waals surface area contributed by atoms with Crippen molar-refractivity contribution in [2.75, 3.05) is 5.32 Å². The fourth-order valence-corrected chi connectivity index (χ4v) is 3.60. The van der Waals surface area contributed by atoms with Gasteiger partial charge in [-0.3, -0.25) is 4.79 Å². The van der Waals surface area contributed by atoms with Crippen LogP contribution in [-0.4, -0.2) is 11.0 Å². The van der Waals surface area contributed by atoms with E-state index < -0.39 is 6.10 Å². The van der Waals surface area contributed by atoms with Crippen LogP contribution in [-0.2, 0) is 11.2 Å². The Morgan fingerprint density at radius 2 is 2.21 bits per heavy atom. The Morgan fingerprint density at radius 3 is 2.89 bits per heavy atom. The molecule has 19 heavy (non-hydrogen) atoms. The van der Waals surface area contributed by atoms with E-state index in [0.29, 0.717) is 12.3 Å². The Morgan fingerprint density at radius 1 is 1.42 bits per heavy atom. The quantitative estimate of drug-likeness (QED) is 0.857. The molecule has 2 unspecified atom stereocenters. The second-order valence-electron chi connectivity index (χ2n) is 6.57. The standard InChI is InChI=1S/C16H21NO2/c1-16(2)7-3-4-12(16)15(19)10-5-6-13-11(8-10)9-14(18)17-13/h5-6,8,12,15,19H,3-4,7,9H2,1-2H3,(H,17,18). The first kappa shape index (κ1) is 12.7. The van der Waals surface area contributed by atoms with Crippen LogP contribution in [0.4, 0.5) is 5.69 Å². The Kier molecular flexibility index (Phi) is 2.90. The number of benzene rings is 1. The van der Waals surface area contributed by atoms with Gasteiger partial charge in [0.25, 0.3) is 0 Å². The predicted molar refractivity (Wildman–Crippen MR) is 74.9 cm³/mol. The van der Waals surface area contributed by atoms with E-state index in [-0.39, 0.29) is 11.3 Å². The number of amides is 1. The summed E-state index contributed by atoms with van der Waals surface area (Å²) in [6, 6.07) is 5.86. The summed E-state index contributed by atoms with van der Waals surface area (Å²) < 4.78 is 0. The maximum Gasteiger partial charge on any atom is 0.228 e. The Hall–Kier alpha value is -1.35. The van der Waals surface area contributed by atoms with Crippen molar-refractivity contribution in [1.29, 1.82) is 0 Å². The average molecular weight is 259 g/mol. The van der Waals surface area contributed by atoms with E-state index in [2.05, 4.69) is 19.2 Å². The van der Waals surface area contributed by atoms with E-state index in [1.54, 1.807) is 0 Å². The average Bonchev–Trinajstić information content (AvgIpc) is 2.88. The topological polar surface area (TPSA) is 49.3 Å². The van der Waals surface area contributed by atoms with Crippen LogP contribution >= 0.6 is 0 Å². The number of fused-ring (bicyclic) bond motifs is 1. The molecule has 1 heterocycles. The fraction of sp³-hybridized carbons (Fsp3) is 0.562. The van der Waals surface area contributed by atoms with Crippen LogP contribution in [0.25, 0.3) is 0 Å². The molecule has 1 saturated carbocycles. The lowest BCUT2D eigenvalue weighted by molar-refractivity contribution is -0.115. The molecule has 1 aromatic rings. The van der Waals surface area contributed by atoms with Crippen LogP contribution in [0.3, 0.4) is 0 Å². The number of rotatable bonds is 2. The summed E-state index contributed by atoms with van der Waals surface area (Å²) in [5.74, 6) is 0.360. The van der Waals surface area contributed by atoms with Crippen molar-refractivity contribution < 1.29 is 9.90 Å². The summed E-state index contributed by atoms with van der Waals surface area (Å²) in [6.07, 6.45) is 3.48. The first-order chi connectivity index (χ1) is 8.97. The zero-order chi connectivity index (χ0) is 13.6. The smallest absolute Gasteiger partial charge is 0.228 e. The number of carbonyl (C=O) groups is 1. The van der Waals surface area contributed by atoms with Crippen LogP contribution in [0.1, 0.15) is 50.3 Å². The van der Waals surface area contributed by atoms with Crippen molar-refractivity contribution in [3.8, 4) is 0 Å². The molecule has 2 aliphatic rings. The van der Waals surface area contributed by atoms with E-state index >= 15 is 0 Å². The Balaban J connectivity index is 1.87. The molecule has 1 aliphatic carbocycles. The highest BCUT2D eigenvalue weighted by molar-refractivity contribution is 5.99. The normalized spacial score (nSPS) is 26.1. The van der Waals surface area contributed by atoms with Gasteiger partial charge in [0.1, 0.15) is 0 Å². The van der Waals surface area contributed by atoms with Crippen LogP contribution in [0.15, 0.2) is 18.2 Å².